The van der Waals surface area contributed by atoms with Crippen LogP contribution in [0.1, 0.15) is 18.1 Å². The monoisotopic (exact) mass is 276 g/mol. The maximum absolute atomic E-state index is 9.18. The number of rotatable bonds is 5. The first-order valence-corrected chi connectivity index (χ1v) is 7.21. The van der Waals surface area contributed by atoms with Crippen LogP contribution >= 0.6 is 23.1 Å². The molecule has 0 unspecified atom stereocenters. The van der Waals surface area contributed by atoms with Crippen molar-refractivity contribution < 1.29 is 0 Å². The van der Waals surface area contributed by atoms with Crippen molar-refractivity contribution in [2.24, 2.45) is 0 Å². The Labute approximate surface area is 114 Å². The van der Waals surface area contributed by atoms with Crippen LogP contribution in [0.3, 0.4) is 0 Å². The number of hydrogen-bond acceptors (Lipinski definition) is 6. The first-order chi connectivity index (χ1) is 8.83. The topological polar surface area (TPSA) is 61.6 Å². The highest BCUT2D eigenvalue weighted by atomic mass is 32.2. The third-order valence-electron chi connectivity index (χ3n) is 2.28. The van der Waals surface area contributed by atoms with Gasteiger partial charge in [0.25, 0.3) is 0 Å². The molecule has 0 amide bonds. The van der Waals surface area contributed by atoms with Gasteiger partial charge in [-0.1, -0.05) is 36.1 Å². The minimum Gasteiger partial charge on any atom is -0.313 e. The first kappa shape index (κ1) is 13.0. The summed E-state index contributed by atoms with van der Waals surface area (Å²) in [6.45, 7) is 3.77. The van der Waals surface area contributed by atoms with E-state index in [1.165, 1.54) is 23.1 Å². The van der Waals surface area contributed by atoms with E-state index in [4.69, 9.17) is 0 Å². The highest BCUT2D eigenvalue weighted by Crippen LogP contribution is 2.31. The van der Waals surface area contributed by atoms with Crippen molar-refractivity contribution in [3.63, 3.8) is 0 Å². The molecule has 0 spiro atoms. The summed E-state index contributed by atoms with van der Waals surface area (Å²) in [4.78, 5) is 0.925. The Hall–Kier alpha value is -1.42. The minimum atomic E-state index is 0.686. The van der Waals surface area contributed by atoms with Crippen molar-refractivity contribution in [3.05, 3.63) is 34.8 Å². The third-order valence-corrected chi connectivity index (χ3v) is 4.13. The smallest absolute Gasteiger partial charge is 0.178 e. The summed E-state index contributed by atoms with van der Waals surface area (Å²) in [7, 11) is 0. The second kappa shape index (κ2) is 6.50. The Morgan fingerprint density at radius 2 is 2.39 bits per heavy atom. The number of nitriles is 1. The fraction of sp³-hybridized carbons (Fsp3) is 0.250. The molecule has 2 rings (SSSR count). The molecule has 0 saturated heterocycles. The van der Waals surface area contributed by atoms with Crippen molar-refractivity contribution >= 4 is 23.1 Å². The molecular weight excluding hydrogens is 264 g/mol. The Balaban J connectivity index is 2.18. The Kier molecular flexibility index (Phi) is 4.70. The van der Waals surface area contributed by atoms with Gasteiger partial charge in [-0.2, -0.15) is 5.26 Å². The van der Waals surface area contributed by atoms with Crippen molar-refractivity contribution in [1.82, 2.24) is 15.5 Å². The van der Waals surface area contributed by atoms with Crippen LogP contribution in [0.25, 0.3) is 0 Å². The van der Waals surface area contributed by atoms with Crippen LogP contribution in [-0.2, 0) is 6.54 Å². The average molecular weight is 276 g/mol. The predicted octanol–water partition coefficient (Wildman–Crippen LogP) is 2.67. The van der Waals surface area contributed by atoms with E-state index >= 15 is 0 Å². The molecule has 0 atom stereocenters. The van der Waals surface area contributed by atoms with E-state index in [9.17, 15) is 5.26 Å². The van der Waals surface area contributed by atoms with Crippen LogP contribution in [0.4, 0.5) is 0 Å². The van der Waals surface area contributed by atoms with Gasteiger partial charge in [0.2, 0.25) is 0 Å². The summed E-state index contributed by atoms with van der Waals surface area (Å²) in [6, 6.07) is 8.16. The molecule has 4 nitrogen and oxygen atoms in total. The summed E-state index contributed by atoms with van der Waals surface area (Å²) in [5.74, 6) is 0. The lowest BCUT2D eigenvalue weighted by Gasteiger charge is -2.05. The van der Waals surface area contributed by atoms with Crippen LogP contribution in [0.5, 0.6) is 0 Å². The van der Waals surface area contributed by atoms with E-state index in [1.807, 2.05) is 18.2 Å². The molecule has 18 heavy (non-hydrogen) atoms. The fourth-order valence-electron chi connectivity index (χ4n) is 1.43. The average Bonchev–Trinajstić information content (AvgIpc) is 2.90. The highest BCUT2D eigenvalue weighted by molar-refractivity contribution is 8.01. The number of nitrogens with one attached hydrogen (secondary N) is 1. The predicted molar refractivity (Wildman–Crippen MR) is 72.6 cm³/mol. The normalized spacial score (nSPS) is 10.2. The molecule has 0 fully saturated rings. The summed E-state index contributed by atoms with van der Waals surface area (Å²) < 4.78 is 0.853. The molecule has 1 heterocycles. The highest BCUT2D eigenvalue weighted by Gasteiger charge is 2.07. The lowest BCUT2D eigenvalue weighted by molar-refractivity contribution is 0.726. The quantitative estimate of drug-likeness (QED) is 0.909. The van der Waals surface area contributed by atoms with Gasteiger partial charge in [0.15, 0.2) is 4.34 Å². The van der Waals surface area contributed by atoms with Gasteiger partial charge < -0.3 is 5.32 Å². The van der Waals surface area contributed by atoms with Gasteiger partial charge in [0.05, 0.1) is 5.56 Å². The summed E-state index contributed by atoms with van der Waals surface area (Å²) in [6.07, 6.45) is 0. The van der Waals surface area contributed by atoms with Crippen molar-refractivity contribution in [2.75, 3.05) is 6.54 Å². The molecule has 2 aromatic rings. The Morgan fingerprint density at radius 1 is 1.50 bits per heavy atom. The van der Waals surface area contributed by atoms with E-state index in [0.717, 1.165) is 27.9 Å². The molecule has 1 aromatic carbocycles. The second-order valence-electron chi connectivity index (χ2n) is 3.53. The molecule has 92 valence electrons. The largest absolute Gasteiger partial charge is 0.313 e. The second-order valence-corrected chi connectivity index (χ2v) is 5.65. The molecule has 0 saturated carbocycles. The van der Waals surface area contributed by atoms with Crippen LogP contribution in [0.2, 0.25) is 0 Å². The van der Waals surface area contributed by atoms with Crippen molar-refractivity contribution in [2.45, 2.75) is 22.7 Å². The van der Waals surface area contributed by atoms with Crippen molar-refractivity contribution in [1.29, 1.82) is 5.26 Å². The van der Waals surface area contributed by atoms with Crippen molar-refractivity contribution in [3.8, 4) is 6.07 Å². The van der Waals surface area contributed by atoms with E-state index in [2.05, 4.69) is 28.5 Å². The fourth-order valence-corrected chi connectivity index (χ4v) is 2.93. The van der Waals surface area contributed by atoms with Gasteiger partial charge in [-0.15, -0.1) is 10.2 Å². The van der Waals surface area contributed by atoms with Gasteiger partial charge in [-0.3, -0.25) is 0 Å². The zero-order chi connectivity index (χ0) is 12.8. The maximum atomic E-state index is 9.18. The molecular formula is C12H12N4S2. The molecule has 0 aliphatic heterocycles. The molecule has 6 heteroatoms. The summed E-state index contributed by atoms with van der Waals surface area (Å²) in [5, 5.41) is 20.2. The van der Waals surface area contributed by atoms with Gasteiger partial charge >= 0.3 is 0 Å². The standard InChI is InChI=1S/C12H12N4S2/c1-2-14-7-9-3-4-11(10(5-9)6-13)18-12-16-15-8-17-12/h3-5,8,14H,2,7H2,1H3. The first-order valence-electron chi connectivity index (χ1n) is 5.51. The third kappa shape index (κ3) is 3.29. The van der Waals surface area contributed by atoms with Gasteiger partial charge in [0, 0.05) is 11.4 Å². The van der Waals surface area contributed by atoms with Crippen LogP contribution < -0.4 is 5.32 Å². The number of hydrogen-bond donors (Lipinski definition) is 1. The zero-order valence-electron chi connectivity index (χ0n) is 9.88. The number of aromatic nitrogens is 2. The lowest BCUT2D eigenvalue weighted by atomic mass is 10.1. The molecule has 0 radical (unpaired) electrons. The van der Waals surface area contributed by atoms with E-state index in [-0.39, 0.29) is 0 Å². The summed E-state index contributed by atoms with van der Waals surface area (Å²) in [5.41, 5.74) is 3.49. The van der Waals surface area contributed by atoms with Gasteiger partial charge in [-0.25, -0.2) is 0 Å². The van der Waals surface area contributed by atoms with E-state index in [1.54, 1.807) is 5.51 Å². The molecule has 0 aliphatic rings. The maximum Gasteiger partial charge on any atom is 0.178 e. The van der Waals surface area contributed by atoms with E-state index in [0.29, 0.717) is 5.56 Å². The summed E-state index contributed by atoms with van der Waals surface area (Å²) >= 11 is 2.95. The van der Waals surface area contributed by atoms with Crippen LogP contribution in [0, 0.1) is 11.3 Å². The minimum absolute atomic E-state index is 0.686. The van der Waals surface area contributed by atoms with Crippen LogP contribution in [0.15, 0.2) is 32.9 Å². The lowest BCUT2D eigenvalue weighted by Crippen LogP contribution is -2.11. The van der Waals surface area contributed by atoms with E-state index < -0.39 is 0 Å². The number of nitrogens with zero attached hydrogens (tertiary/aromatic N) is 3. The molecule has 1 aromatic heterocycles. The zero-order valence-corrected chi connectivity index (χ0v) is 11.5. The van der Waals surface area contributed by atoms with Gasteiger partial charge in [0.1, 0.15) is 11.6 Å². The number of benzene rings is 1. The molecule has 1 N–H and O–H groups in total. The SMILES string of the molecule is CCNCc1ccc(Sc2nncs2)c(C#N)c1. The van der Waals surface area contributed by atoms with Crippen LogP contribution in [-0.4, -0.2) is 16.7 Å². The molecule has 0 bridgehead atoms. The van der Waals surface area contributed by atoms with Gasteiger partial charge in [-0.05, 0) is 24.2 Å². The molecule has 0 aliphatic carbocycles. The Bertz CT molecular complexity index is 546. The Morgan fingerprint density at radius 3 is 3.06 bits per heavy atom.